The first-order chi connectivity index (χ1) is 16.7. The van der Waals surface area contributed by atoms with Crippen LogP contribution in [0.4, 0.5) is 5.69 Å². The van der Waals surface area contributed by atoms with Gasteiger partial charge in [0.2, 0.25) is 0 Å². The van der Waals surface area contributed by atoms with Gasteiger partial charge in [0.1, 0.15) is 0 Å². The van der Waals surface area contributed by atoms with E-state index < -0.39 is 0 Å². The molecular weight excluding hydrogens is 442 g/mol. The van der Waals surface area contributed by atoms with Crippen molar-refractivity contribution >= 4 is 46.0 Å². The number of fused-ring (bicyclic) bond motifs is 1. The average molecular weight is 472 g/mol. The number of aromatic nitrogens is 2. The van der Waals surface area contributed by atoms with Gasteiger partial charge in [-0.25, -0.2) is 0 Å². The molecule has 0 radical (unpaired) electrons. The number of carbonyl (C=O) groups is 1. The first-order valence-corrected chi connectivity index (χ1v) is 12.6. The monoisotopic (exact) mass is 471 g/mol. The molecule has 7 heteroatoms. The minimum Gasteiger partial charge on any atom is -0.321 e. The first-order valence-electron chi connectivity index (χ1n) is 11.7. The number of amides is 1. The Labute approximate surface area is 203 Å². The van der Waals surface area contributed by atoms with E-state index in [1.807, 2.05) is 48.7 Å². The number of carbonyl (C=O) groups excluding carboxylic acids is 1. The summed E-state index contributed by atoms with van der Waals surface area (Å²) in [5.74, 6) is -0.0733. The second-order valence-electron chi connectivity index (χ2n) is 8.70. The largest absolute Gasteiger partial charge is 0.321 e. The molecule has 0 aliphatic carbocycles. The molecule has 1 saturated heterocycles. The molecule has 2 aromatic heterocycles. The number of nitrogens with one attached hydrogen (secondary N) is 4. The number of aryl methyl sites for hydroxylation is 1. The number of nitrogens with zero attached hydrogens (tertiary/aromatic N) is 1. The zero-order chi connectivity index (χ0) is 23.3. The van der Waals surface area contributed by atoms with Crippen LogP contribution in [0.2, 0.25) is 0 Å². The van der Waals surface area contributed by atoms with Crippen LogP contribution in [0.15, 0.2) is 53.9 Å². The Bertz CT molecular complexity index is 1320. The second kappa shape index (κ2) is 10.3. The van der Waals surface area contributed by atoms with Gasteiger partial charge in [0.15, 0.2) is 0 Å². The summed E-state index contributed by atoms with van der Waals surface area (Å²) >= 11 is 1.47. The van der Waals surface area contributed by atoms with E-state index in [4.69, 9.17) is 0 Å². The molecule has 3 heterocycles. The van der Waals surface area contributed by atoms with Crippen molar-refractivity contribution in [3.05, 3.63) is 81.2 Å². The molecule has 174 valence electrons. The van der Waals surface area contributed by atoms with Crippen LogP contribution in [-0.2, 0) is 6.54 Å². The van der Waals surface area contributed by atoms with Gasteiger partial charge in [-0.05, 0) is 79.2 Å². The van der Waals surface area contributed by atoms with Gasteiger partial charge in [0, 0.05) is 23.7 Å². The van der Waals surface area contributed by atoms with Gasteiger partial charge in [-0.2, -0.15) is 5.10 Å². The Morgan fingerprint density at radius 2 is 2.00 bits per heavy atom. The summed E-state index contributed by atoms with van der Waals surface area (Å²) < 4.78 is 0. The molecule has 1 fully saturated rings. The maximum Gasteiger partial charge on any atom is 0.266 e. The highest BCUT2D eigenvalue weighted by atomic mass is 32.1. The summed E-state index contributed by atoms with van der Waals surface area (Å²) in [4.78, 5) is 13.7. The third kappa shape index (κ3) is 5.12. The van der Waals surface area contributed by atoms with Crippen molar-refractivity contribution in [3.8, 4) is 0 Å². The molecule has 0 spiro atoms. The van der Waals surface area contributed by atoms with Gasteiger partial charge in [-0.3, -0.25) is 9.89 Å². The highest BCUT2D eigenvalue weighted by Crippen LogP contribution is 2.25. The fourth-order valence-electron chi connectivity index (χ4n) is 4.32. The summed E-state index contributed by atoms with van der Waals surface area (Å²) in [6.07, 6.45) is 6.29. The molecule has 0 saturated carbocycles. The van der Waals surface area contributed by atoms with Crippen molar-refractivity contribution < 1.29 is 4.79 Å². The molecule has 0 unspecified atom stereocenters. The standard InChI is InChI=1S/C27H29N5OS/c1-18-12-15-34-26(18)27(33)30-25-16-19(17-29-21-10-13-28-14-11-21)6-7-20(25)8-9-24-22-4-2-3-5-23(22)31-32-24/h2-9,12,15-16,21,28-29H,10-11,13-14,17H2,1H3,(H,30,33)(H,31,32)/b9-8+. The topological polar surface area (TPSA) is 81.8 Å². The SMILES string of the molecule is Cc1ccsc1C(=O)Nc1cc(CNC2CCNCC2)ccc1/C=C/c1n[nH]c2ccccc12. The maximum absolute atomic E-state index is 13.0. The van der Waals surface area contributed by atoms with Crippen LogP contribution >= 0.6 is 11.3 Å². The zero-order valence-electron chi connectivity index (χ0n) is 19.2. The molecule has 0 bridgehead atoms. The number of piperidine rings is 1. The number of hydrogen-bond donors (Lipinski definition) is 4. The molecule has 1 amide bonds. The summed E-state index contributed by atoms with van der Waals surface area (Å²) in [6, 6.07) is 16.8. The predicted octanol–water partition coefficient (Wildman–Crippen LogP) is 5.20. The van der Waals surface area contributed by atoms with Gasteiger partial charge in [-0.1, -0.05) is 36.4 Å². The smallest absolute Gasteiger partial charge is 0.266 e. The van der Waals surface area contributed by atoms with Crippen LogP contribution in [0.3, 0.4) is 0 Å². The van der Waals surface area contributed by atoms with Crippen LogP contribution in [0, 0.1) is 6.92 Å². The van der Waals surface area contributed by atoms with Crippen molar-refractivity contribution in [2.24, 2.45) is 0 Å². The van der Waals surface area contributed by atoms with E-state index in [2.05, 4.69) is 50.4 Å². The molecule has 4 N–H and O–H groups in total. The highest BCUT2D eigenvalue weighted by Gasteiger charge is 2.15. The third-order valence-corrected chi connectivity index (χ3v) is 7.30. The highest BCUT2D eigenvalue weighted by molar-refractivity contribution is 7.12. The van der Waals surface area contributed by atoms with E-state index >= 15 is 0 Å². The number of H-pyrrole nitrogens is 1. The molecule has 5 rings (SSSR count). The Kier molecular flexibility index (Phi) is 6.85. The minimum absolute atomic E-state index is 0.0733. The number of para-hydroxylation sites is 1. The summed E-state index contributed by atoms with van der Waals surface area (Å²) in [5, 5.41) is 20.8. The van der Waals surface area contributed by atoms with E-state index in [1.54, 1.807) is 0 Å². The van der Waals surface area contributed by atoms with Crippen LogP contribution in [-0.4, -0.2) is 35.2 Å². The number of rotatable bonds is 7. The fourth-order valence-corrected chi connectivity index (χ4v) is 5.14. The Morgan fingerprint density at radius 1 is 1.15 bits per heavy atom. The van der Waals surface area contributed by atoms with Crippen LogP contribution < -0.4 is 16.0 Å². The molecule has 34 heavy (non-hydrogen) atoms. The maximum atomic E-state index is 13.0. The lowest BCUT2D eigenvalue weighted by molar-refractivity contribution is 0.103. The lowest BCUT2D eigenvalue weighted by Gasteiger charge is -2.24. The number of aromatic amines is 1. The van der Waals surface area contributed by atoms with Gasteiger partial charge in [0.05, 0.1) is 16.1 Å². The summed E-state index contributed by atoms with van der Waals surface area (Å²) in [5.41, 5.74) is 5.77. The molecular formula is C27H29N5OS. The number of benzene rings is 2. The van der Waals surface area contributed by atoms with Gasteiger partial charge in [-0.15, -0.1) is 11.3 Å². The third-order valence-electron chi connectivity index (χ3n) is 6.29. The van der Waals surface area contributed by atoms with Crippen molar-refractivity contribution in [2.75, 3.05) is 18.4 Å². The Hall–Kier alpha value is -3.26. The lowest BCUT2D eigenvalue weighted by atomic mass is 10.0. The van der Waals surface area contributed by atoms with Crippen molar-refractivity contribution in [1.29, 1.82) is 0 Å². The predicted molar refractivity (Wildman–Crippen MR) is 141 cm³/mol. The fraction of sp³-hybridized carbons (Fsp3) is 0.259. The minimum atomic E-state index is -0.0733. The zero-order valence-corrected chi connectivity index (χ0v) is 20.0. The molecule has 1 aliphatic rings. The second-order valence-corrected chi connectivity index (χ2v) is 9.62. The van der Waals surface area contributed by atoms with E-state index in [-0.39, 0.29) is 5.91 Å². The first kappa shape index (κ1) is 22.5. The van der Waals surface area contributed by atoms with Crippen molar-refractivity contribution in [2.45, 2.75) is 32.4 Å². The van der Waals surface area contributed by atoms with E-state index in [0.29, 0.717) is 6.04 Å². The molecule has 1 aliphatic heterocycles. The van der Waals surface area contributed by atoms with Crippen LogP contribution in [0.1, 0.15) is 44.9 Å². The van der Waals surface area contributed by atoms with Gasteiger partial charge >= 0.3 is 0 Å². The number of hydrogen-bond acceptors (Lipinski definition) is 5. The quantitative estimate of drug-likeness (QED) is 0.299. The van der Waals surface area contributed by atoms with E-state index in [0.717, 1.165) is 76.3 Å². The normalized spacial score (nSPS) is 14.7. The summed E-state index contributed by atoms with van der Waals surface area (Å²) in [7, 11) is 0. The average Bonchev–Trinajstić information content (AvgIpc) is 3.49. The van der Waals surface area contributed by atoms with Crippen LogP contribution in [0.25, 0.3) is 23.1 Å². The lowest BCUT2D eigenvalue weighted by Crippen LogP contribution is -2.39. The van der Waals surface area contributed by atoms with Crippen molar-refractivity contribution in [1.82, 2.24) is 20.8 Å². The Morgan fingerprint density at radius 3 is 2.82 bits per heavy atom. The molecule has 6 nitrogen and oxygen atoms in total. The number of anilines is 1. The summed E-state index contributed by atoms with van der Waals surface area (Å²) in [6.45, 7) is 4.86. The van der Waals surface area contributed by atoms with E-state index in [9.17, 15) is 4.79 Å². The number of thiophene rings is 1. The van der Waals surface area contributed by atoms with Crippen LogP contribution in [0.5, 0.6) is 0 Å². The van der Waals surface area contributed by atoms with Gasteiger partial charge in [0.25, 0.3) is 5.91 Å². The molecule has 4 aromatic rings. The molecule has 2 aromatic carbocycles. The van der Waals surface area contributed by atoms with E-state index in [1.165, 1.54) is 11.3 Å². The van der Waals surface area contributed by atoms with Crippen molar-refractivity contribution in [3.63, 3.8) is 0 Å². The molecule has 0 atom stereocenters. The Balaban J connectivity index is 1.40. The van der Waals surface area contributed by atoms with Gasteiger partial charge < -0.3 is 16.0 Å².